The van der Waals surface area contributed by atoms with Crippen LogP contribution in [0.3, 0.4) is 0 Å². The van der Waals surface area contributed by atoms with Crippen LogP contribution in [0.2, 0.25) is 0 Å². The lowest BCUT2D eigenvalue weighted by Gasteiger charge is -2.17. The molecule has 22 heavy (non-hydrogen) atoms. The number of likely N-dealkylation sites (N-methyl/N-ethyl adjacent to an activating group) is 1. The summed E-state index contributed by atoms with van der Waals surface area (Å²) in [5.74, 6) is 0.570. The van der Waals surface area contributed by atoms with Crippen LogP contribution in [0.5, 0.6) is 5.75 Å². The highest BCUT2D eigenvalue weighted by atomic mass is 16.5. The normalized spacial score (nSPS) is 10.3. The van der Waals surface area contributed by atoms with Crippen LogP contribution in [0.15, 0.2) is 54.6 Å². The van der Waals surface area contributed by atoms with Gasteiger partial charge >= 0.3 is 0 Å². The van der Waals surface area contributed by atoms with Crippen molar-refractivity contribution in [1.82, 2.24) is 4.90 Å². The monoisotopic (exact) mass is 299 g/mol. The highest BCUT2D eigenvalue weighted by molar-refractivity contribution is 5.77. The molecule has 0 aliphatic carbocycles. The van der Waals surface area contributed by atoms with E-state index in [-0.39, 0.29) is 19.1 Å². The van der Waals surface area contributed by atoms with Crippen molar-refractivity contribution >= 4 is 5.91 Å². The average Bonchev–Trinajstić information content (AvgIpc) is 2.55. The van der Waals surface area contributed by atoms with Crippen molar-refractivity contribution < 1.29 is 14.6 Å². The lowest BCUT2D eigenvalue weighted by molar-refractivity contribution is -0.132. The predicted molar refractivity (Wildman–Crippen MR) is 85.9 cm³/mol. The van der Waals surface area contributed by atoms with Gasteiger partial charge in [0.05, 0.1) is 6.61 Å². The molecule has 2 aromatic carbocycles. The molecular formula is C18H21NO3. The smallest absolute Gasteiger partial charge is 0.260 e. The summed E-state index contributed by atoms with van der Waals surface area (Å²) in [6.45, 7) is 0.239. The van der Waals surface area contributed by atoms with Crippen molar-refractivity contribution in [2.45, 2.75) is 6.42 Å². The molecule has 2 rings (SSSR count). The molecule has 4 nitrogen and oxygen atoms in total. The molecule has 0 saturated heterocycles. The predicted octanol–water partition coefficient (Wildman–Crippen LogP) is 2.11. The molecule has 0 radical (unpaired) electrons. The number of benzene rings is 2. The Labute approximate surface area is 131 Å². The van der Waals surface area contributed by atoms with Gasteiger partial charge in [-0.05, 0) is 17.2 Å². The number of ether oxygens (including phenoxy) is 1. The fourth-order valence-electron chi connectivity index (χ4n) is 2.13. The molecule has 1 N–H and O–H groups in total. The summed E-state index contributed by atoms with van der Waals surface area (Å²) in [4.78, 5) is 13.3. The first kappa shape index (κ1) is 16.0. The second kappa shape index (κ2) is 8.20. The van der Waals surface area contributed by atoms with E-state index in [1.165, 1.54) is 10.5 Å². The van der Waals surface area contributed by atoms with Gasteiger partial charge in [-0.1, -0.05) is 48.5 Å². The van der Waals surface area contributed by atoms with Gasteiger partial charge in [-0.15, -0.1) is 0 Å². The van der Waals surface area contributed by atoms with E-state index in [1.54, 1.807) is 7.05 Å². The molecular weight excluding hydrogens is 278 g/mol. The number of hydrogen-bond donors (Lipinski definition) is 1. The molecule has 0 fully saturated rings. The lowest BCUT2D eigenvalue weighted by atomic mass is 10.0. The lowest BCUT2D eigenvalue weighted by Crippen LogP contribution is -2.33. The minimum absolute atomic E-state index is 0.0255. The van der Waals surface area contributed by atoms with Crippen LogP contribution < -0.4 is 4.74 Å². The molecule has 0 atom stereocenters. The fourth-order valence-corrected chi connectivity index (χ4v) is 2.13. The SMILES string of the molecule is CN(CCO)C(=O)COc1ccccc1Cc1ccccc1. The van der Waals surface area contributed by atoms with Crippen molar-refractivity contribution in [2.75, 3.05) is 26.8 Å². The van der Waals surface area contributed by atoms with E-state index in [1.807, 2.05) is 42.5 Å². The highest BCUT2D eigenvalue weighted by Gasteiger charge is 2.10. The minimum atomic E-state index is -0.149. The number of amides is 1. The number of aliphatic hydroxyl groups is 1. The van der Waals surface area contributed by atoms with Gasteiger partial charge in [0, 0.05) is 20.0 Å². The topological polar surface area (TPSA) is 49.8 Å². The van der Waals surface area contributed by atoms with Gasteiger partial charge in [0.25, 0.3) is 5.91 Å². The summed E-state index contributed by atoms with van der Waals surface area (Å²) >= 11 is 0. The van der Waals surface area contributed by atoms with E-state index in [4.69, 9.17) is 9.84 Å². The van der Waals surface area contributed by atoms with Crippen LogP contribution in [0, 0.1) is 0 Å². The number of carbonyl (C=O) groups excluding carboxylic acids is 1. The quantitative estimate of drug-likeness (QED) is 0.852. The third-order valence-corrected chi connectivity index (χ3v) is 3.42. The molecule has 0 saturated carbocycles. The molecule has 116 valence electrons. The Balaban J connectivity index is 2.01. The summed E-state index contributed by atoms with van der Waals surface area (Å²) in [7, 11) is 1.65. The first-order valence-electron chi connectivity index (χ1n) is 7.30. The molecule has 0 aliphatic heterocycles. The molecule has 0 bridgehead atoms. The molecule has 1 amide bonds. The Morgan fingerprint density at radius 2 is 1.77 bits per heavy atom. The number of carbonyl (C=O) groups is 1. The molecule has 0 aromatic heterocycles. The summed E-state index contributed by atoms with van der Waals surface area (Å²) in [5, 5.41) is 8.84. The summed E-state index contributed by atoms with van der Waals surface area (Å²) in [5.41, 5.74) is 2.24. The van der Waals surface area contributed by atoms with Gasteiger partial charge in [0.2, 0.25) is 0 Å². The zero-order chi connectivity index (χ0) is 15.8. The second-order valence-electron chi connectivity index (χ2n) is 5.10. The Morgan fingerprint density at radius 3 is 2.50 bits per heavy atom. The number of nitrogens with zero attached hydrogens (tertiary/aromatic N) is 1. The molecule has 0 unspecified atom stereocenters. The minimum Gasteiger partial charge on any atom is -0.483 e. The standard InChI is InChI=1S/C18H21NO3/c1-19(11-12-20)18(21)14-22-17-10-6-5-9-16(17)13-15-7-3-2-4-8-15/h2-10,20H,11-14H2,1H3. The molecule has 0 heterocycles. The first-order valence-corrected chi connectivity index (χ1v) is 7.30. The fraction of sp³-hybridized carbons (Fsp3) is 0.278. The van der Waals surface area contributed by atoms with E-state index in [2.05, 4.69) is 12.1 Å². The highest BCUT2D eigenvalue weighted by Crippen LogP contribution is 2.21. The first-order chi connectivity index (χ1) is 10.7. The van der Waals surface area contributed by atoms with Gasteiger partial charge in [-0.3, -0.25) is 4.79 Å². The number of aliphatic hydroxyl groups excluding tert-OH is 1. The van der Waals surface area contributed by atoms with Crippen LogP contribution in [-0.4, -0.2) is 42.7 Å². The summed E-state index contributed by atoms with van der Waals surface area (Å²) in [6.07, 6.45) is 0.762. The van der Waals surface area contributed by atoms with Gasteiger partial charge in [-0.25, -0.2) is 0 Å². The van der Waals surface area contributed by atoms with Crippen molar-refractivity contribution in [2.24, 2.45) is 0 Å². The maximum absolute atomic E-state index is 11.9. The van der Waals surface area contributed by atoms with E-state index >= 15 is 0 Å². The largest absolute Gasteiger partial charge is 0.483 e. The van der Waals surface area contributed by atoms with Crippen molar-refractivity contribution in [1.29, 1.82) is 0 Å². The van der Waals surface area contributed by atoms with Gasteiger partial charge in [-0.2, -0.15) is 0 Å². The zero-order valence-corrected chi connectivity index (χ0v) is 12.7. The Bertz CT molecular complexity index is 598. The molecule has 2 aromatic rings. The maximum atomic E-state index is 11.9. The Morgan fingerprint density at radius 1 is 1.09 bits per heavy atom. The number of hydrogen-bond acceptors (Lipinski definition) is 3. The Kier molecular flexibility index (Phi) is 5.98. The Hall–Kier alpha value is -2.33. The van der Waals surface area contributed by atoms with Crippen LogP contribution in [0.25, 0.3) is 0 Å². The van der Waals surface area contributed by atoms with E-state index in [0.717, 1.165) is 17.7 Å². The van der Waals surface area contributed by atoms with Crippen LogP contribution >= 0.6 is 0 Å². The van der Waals surface area contributed by atoms with Crippen molar-refractivity contribution in [3.05, 3.63) is 65.7 Å². The van der Waals surface area contributed by atoms with Gasteiger partial charge < -0.3 is 14.7 Å². The average molecular weight is 299 g/mol. The summed E-state index contributed by atoms with van der Waals surface area (Å²) in [6, 6.07) is 17.9. The molecule has 4 heteroatoms. The van der Waals surface area contributed by atoms with Gasteiger partial charge in [0.1, 0.15) is 5.75 Å². The van der Waals surface area contributed by atoms with Crippen LogP contribution in [0.4, 0.5) is 0 Å². The van der Waals surface area contributed by atoms with E-state index < -0.39 is 0 Å². The molecule has 0 aliphatic rings. The third kappa shape index (κ3) is 4.60. The third-order valence-electron chi connectivity index (χ3n) is 3.42. The van der Waals surface area contributed by atoms with Gasteiger partial charge in [0.15, 0.2) is 6.61 Å². The van der Waals surface area contributed by atoms with Crippen LogP contribution in [-0.2, 0) is 11.2 Å². The summed E-state index contributed by atoms with van der Waals surface area (Å²) < 4.78 is 5.67. The zero-order valence-electron chi connectivity index (χ0n) is 12.7. The molecule has 0 spiro atoms. The number of rotatable bonds is 7. The van der Waals surface area contributed by atoms with E-state index in [9.17, 15) is 4.79 Å². The van der Waals surface area contributed by atoms with Crippen molar-refractivity contribution in [3.8, 4) is 5.75 Å². The van der Waals surface area contributed by atoms with Crippen LogP contribution in [0.1, 0.15) is 11.1 Å². The maximum Gasteiger partial charge on any atom is 0.260 e. The second-order valence-corrected chi connectivity index (χ2v) is 5.10. The number of para-hydroxylation sites is 1. The van der Waals surface area contributed by atoms with Crippen molar-refractivity contribution in [3.63, 3.8) is 0 Å². The van der Waals surface area contributed by atoms with E-state index in [0.29, 0.717) is 6.54 Å².